The summed E-state index contributed by atoms with van der Waals surface area (Å²) in [6, 6.07) is 0. The first-order chi connectivity index (χ1) is 8.22. The third-order valence-corrected chi connectivity index (χ3v) is 3.85. The summed E-state index contributed by atoms with van der Waals surface area (Å²) in [6.45, 7) is 7.39. The van der Waals surface area contributed by atoms with E-state index in [-0.39, 0.29) is 0 Å². The molecule has 2 nitrogen and oxygen atoms in total. The van der Waals surface area contributed by atoms with Crippen LogP contribution in [0, 0.1) is 0 Å². The van der Waals surface area contributed by atoms with Crippen molar-refractivity contribution < 1.29 is 10.2 Å². The van der Waals surface area contributed by atoms with Gasteiger partial charge in [-0.2, -0.15) is 0 Å². The molecule has 0 amide bonds. The predicted octanol–water partition coefficient (Wildman–Crippen LogP) is 2.82. The highest BCUT2D eigenvalue weighted by Gasteiger charge is 2.25. The molecule has 0 radical (unpaired) electrons. The molecule has 2 atom stereocenters. The molecule has 0 fully saturated rings. The maximum absolute atomic E-state index is 10.0. The smallest absolute Gasteiger partial charge is 0.101 e. The molecule has 2 aliphatic rings. The normalized spacial score (nSPS) is 39.7. The molecule has 0 aromatic rings. The second-order valence-corrected chi connectivity index (χ2v) is 5.53. The third-order valence-electron chi connectivity index (χ3n) is 3.85. The fourth-order valence-electron chi connectivity index (χ4n) is 1.98. The summed E-state index contributed by atoms with van der Waals surface area (Å²) in [5.74, 6) is 0. The highest BCUT2D eigenvalue weighted by molar-refractivity contribution is 5.55. The van der Waals surface area contributed by atoms with E-state index in [2.05, 4.69) is 0 Å². The second-order valence-electron chi connectivity index (χ2n) is 5.53. The Bertz CT molecular complexity index is 475. The quantitative estimate of drug-likeness (QED) is 0.688. The zero-order valence-electron chi connectivity index (χ0n) is 11.4. The van der Waals surface area contributed by atoms with Gasteiger partial charge >= 0.3 is 0 Å². The van der Waals surface area contributed by atoms with Gasteiger partial charge in [-0.3, -0.25) is 0 Å². The summed E-state index contributed by atoms with van der Waals surface area (Å²) in [5, 5.41) is 20.1. The van der Waals surface area contributed by atoms with Crippen molar-refractivity contribution in [3.63, 3.8) is 0 Å². The summed E-state index contributed by atoms with van der Waals surface area (Å²) in [5.41, 5.74) is 2.25. The van der Waals surface area contributed by atoms with E-state index in [0.29, 0.717) is 0 Å². The van der Waals surface area contributed by atoms with Crippen molar-refractivity contribution in [2.45, 2.75) is 38.9 Å². The minimum atomic E-state index is -0.854. The minimum Gasteiger partial charge on any atom is -0.382 e. The number of allylic oxidation sites excluding steroid dienone is 6. The van der Waals surface area contributed by atoms with E-state index in [4.69, 9.17) is 0 Å². The van der Waals surface area contributed by atoms with Gasteiger partial charge in [0.05, 0.1) is 0 Å². The van der Waals surface area contributed by atoms with Crippen LogP contribution in [0.3, 0.4) is 0 Å². The maximum atomic E-state index is 10.0. The highest BCUT2D eigenvalue weighted by Crippen LogP contribution is 2.31. The zero-order valence-corrected chi connectivity index (χ0v) is 11.4. The van der Waals surface area contributed by atoms with Crippen LogP contribution < -0.4 is 0 Å². The van der Waals surface area contributed by atoms with Crippen LogP contribution in [0.15, 0.2) is 58.7 Å². The van der Waals surface area contributed by atoms with Gasteiger partial charge in [0, 0.05) is 0 Å². The van der Waals surface area contributed by atoms with Crippen molar-refractivity contribution >= 4 is 0 Å². The molecule has 0 spiro atoms. The van der Waals surface area contributed by atoms with Gasteiger partial charge in [-0.25, -0.2) is 0 Å². The van der Waals surface area contributed by atoms with E-state index in [1.54, 1.807) is 26.0 Å². The van der Waals surface area contributed by atoms with Gasteiger partial charge in [0.1, 0.15) is 11.2 Å². The number of hydrogen-bond donors (Lipinski definition) is 2. The summed E-state index contributed by atoms with van der Waals surface area (Å²) in [4.78, 5) is 0. The van der Waals surface area contributed by atoms with Crippen LogP contribution in [0.25, 0.3) is 0 Å². The first-order valence-electron chi connectivity index (χ1n) is 6.17. The average molecular weight is 244 g/mol. The van der Waals surface area contributed by atoms with Crippen LogP contribution >= 0.6 is 0 Å². The largest absolute Gasteiger partial charge is 0.382 e. The van der Waals surface area contributed by atoms with E-state index in [0.717, 1.165) is 22.3 Å². The van der Waals surface area contributed by atoms with Gasteiger partial charge in [-0.1, -0.05) is 24.3 Å². The lowest BCUT2D eigenvalue weighted by atomic mass is 9.84. The Morgan fingerprint density at radius 2 is 1.11 bits per heavy atom. The fraction of sp³-hybridized carbons (Fsp3) is 0.375. The molecular weight excluding hydrogens is 224 g/mol. The van der Waals surface area contributed by atoms with Crippen molar-refractivity contribution in [1.29, 1.82) is 0 Å². The molecule has 0 bridgehead atoms. The van der Waals surface area contributed by atoms with Crippen molar-refractivity contribution in [3.8, 4) is 0 Å². The Morgan fingerprint density at radius 3 is 1.39 bits per heavy atom. The SMILES string of the molecule is CC1=CC(=C2C=CC(C)(O)C(C)=C2)C=CC1(C)O. The number of rotatable bonds is 0. The topological polar surface area (TPSA) is 40.5 Å². The van der Waals surface area contributed by atoms with Gasteiger partial charge in [0.25, 0.3) is 0 Å². The summed E-state index contributed by atoms with van der Waals surface area (Å²) < 4.78 is 0. The standard InChI is InChI=1S/C16H20O2/c1-11-9-13(5-7-15(11,3)17)14-6-8-16(4,18)12(2)10-14/h5-10,17-18H,1-4H3. The van der Waals surface area contributed by atoms with Crippen molar-refractivity contribution in [2.75, 3.05) is 0 Å². The molecule has 2 aliphatic carbocycles. The molecular formula is C16H20O2. The fourth-order valence-corrected chi connectivity index (χ4v) is 1.98. The molecule has 0 aliphatic heterocycles. The average Bonchev–Trinajstić information content (AvgIpc) is 2.26. The molecule has 96 valence electrons. The van der Waals surface area contributed by atoms with Crippen LogP contribution in [-0.4, -0.2) is 21.4 Å². The molecule has 0 saturated heterocycles. The molecule has 2 heteroatoms. The molecule has 18 heavy (non-hydrogen) atoms. The Kier molecular flexibility index (Phi) is 2.96. The Hall–Kier alpha value is -1.38. The van der Waals surface area contributed by atoms with Crippen molar-refractivity contribution in [2.24, 2.45) is 0 Å². The summed E-state index contributed by atoms with van der Waals surface area (Å²) in [7, 11) is 0. The van der Waals surface area contributed by atoms with Gasteiger partial charge < -0.3 is 10.2 Å². The van der Waals surface area contributed by atoms with Crippen LogP contribution in [-0.2, 0) is 0 Å². The van der Waals surface area contributed by atoms with E-state index < -0.39 is 11.2 Å². The third kappa shape index (κ3) is 2.26. The molecule has 0 saturated carbocycles. The number of aliphatic hydroxyl groups is 2. The van der Waals surface area contributed by atoms with Gasteiger partial charge in [0.15, 0.2) is 0 Å². The highest BCUT2D eigenvalue weighted by atomic mass is 16.3. The van der Waals surface area contributed by atoms with E-state index in [9.17, 15) is 10.2 Å². The monoisotopic (exact) mass is 244 g/mol. The maximum Gasteiger partial charge on any atom is 0.101 e. The summed E-state index contributed by atoms with van der Waals surface area (Å²) >= 11 is 0. The molecule has 0 heterocycles. The van der Waals surface area contributed by atoms with E-state index in [1.165, 1.54) is 0 Å². The molecule has 2 unspecified atom stereocenters. The Labute approximate surface area is 108 Å². The van der Waals surface area contributed by atoms with Crippen molar-refractivity contribution in [3.05, 3.63) is 58.7 Å². The van der Waals surface area contributed by atoms with Gasteiger partial charge in [0.2, 0.25) is 0 Å². The predicted molar refractivity (Wildman–Crippen MR) is 74.1 cm³/mol. The minimum absolute atomic E-state index is 0.854. The van der Waals surface area contributed by atoms with Crippen LogP contribution in [0.5, 0.6) is 0 Å². The molecule has 2 rings (SSSR count). The zero-order chi connectivity index (χ0) is 13.6. The first-order valence-corrected chi connectivity index (χ1v) is 6.17. The Morgan fingerprint density at radius 1 is 0.778 bits per heavy atom. The lowest BCUT2D eigenvalue weighted by Gasteiger charge is -2.27. The van der Waals surface area contributed by atoms with E-state index in [1.807, 2.05) is 38.2 Å². The van der Waals surface area contributed by atoms with Gasteiger partial charge in [-0.15, -0.1) is 0 Å². The van der Waals surface area contributed by atoms with Gasteiger partial charge in [-0.05, 0) is 62.1 Å². The van der Waals surface area contributed by atoms with E-state index >= 15 is 0 Å². The summed E-state index contributed by atoms with van der Waals surface area (Å²) in [6.07, 6.45) is 11.4. The van der Waals surface area contributed by atoms with Crippen LogP contribution in [0.1, 0.15) is 27.7 Å². The Balaban J connectivity index is 2.43. The number of hydrogen-bond acceptors (Lipinski definition) is 2. The molecule has 0 aromatic heterocycles. The van der Waals surface area contributed by atoms with Crippen LogP contribution in [0.2, 0.25) is 0 Å². The lowest BCUT2D eigenvalue weighted by molar-refractivity contribution is 0.148. The second kappa shape index (κ2) is 4.08. The van der Waals surface area contributed by atoms with Crippen molar-refractivity contribution in [1.82, 2.24) is 0 Å². The lowest BCUT2D eigenvalue weighted by Crippen LogP contribution is -2.25. The molecule has 0 aromatic carbocycles. The van der Waals surface area contributed by atoms with Crippen LogP contribution in [0.4, 0.5) is 0 Å². The first kappa shape index (κ1) is 13.1. The molecule has 2 N–H and O–H groups in total.